The number of ether oxygens (including phenoxy) is 1. The average Bonchev–Trinajstić information content (AvgIpc) is 2.30. The molecule has 0 saturated heterocycles. The van der Waals surface area contributed by atoms with Gasteiger partial charge < -0.3 is 10.5 Å². The molecule has 1 rings (SSSR count). The van der Waals surface area contributed by atoms with Crippen LogP contribution in [0.5, 0.6) is 0 Å². The molecule has 0 aromatic heterocycles. The standard InChI is InChI=1S/C13H18BrNO/c1-3-10(2)13(15)9-16-8-11-4-6-12(14)7-5-11/h3-7,10,13H,1,8-9,15H2,2H3/t10-,13+/m0/s1. The van der Waals surface area contributed by atoms with E-state index >= 15 is 0 Å². The first-order valence-corrected chi connectivity index (χ1v) is 6.13. The fourth-order valence-electron chi connectivity index (χ4n) is 1.22. The van der Waals surface area contributed by atoms with Crippen LogP contribution in [0.25, 0.3) is 0 Å². The SMILES string of the molecule is C=C[C@H](C)[C@H](N)COCc1ccc(Br)cc1. The number of hydrogen-bond donors (Lipinski definition) is 1. The first-order chi connectivity index (χ1) is 7.63. The minimum absolute atomic E-state index is 0.0212. The summed E-state index contributed by atoms with van der Waals surface area (Å²) in [5.41, 5.74) is 7.07. The van der Waals surface area contributed by atoms with E-state index in [1.165, 1.54) is 0 Å². The van der Waals surface area contributed by atoms with Gasteiger partial charge in [-0.05, 0) is 23.6 Å². The molecule has 88 valence electrons. The summed E-state index contributed by atoms with van der Waals surface area (Å²) in [5.74, 6) is 0.282. The van der Waals surface area contributed by atoms with E-state index in [1.54, 1.807) is 0 Å². The van der Waals surface area contributed by atoms with Crippen LogP contribution >= 0.6 is 15.9 Å². The summed E-state index contributed by atoms with van der Waals surface area (Å²) in [6.07, 6.45) is 1.85. The van der Waals surface area contributed by atoms with Crippen molar-refractivity contribution in [3.63, 3.8) is 0 Å². The molecule has 1 aromatic rings. The lowest BCUT2D eigenvalue weighted by molar-refractivity contribution is 0.100. The monoisotopic (exact) mass is 283 g/mol. The Bertz CT molecular complexity index is 323. The lowest BCUT2D eigenvalue weighted by Gasteiger charge is -2.16. The molecule has 0 fully saturated rings. The van der Waals surface area contributed by atoms with Crippen LogP contribution < -0.4 is 5.73 Å². The van der Waals surface area contributed by atoms with Crippen LogP contribution in [0.4, 0.5) is 0 Å². The zero-order chi connectivity index (χ0) is 12.0. The van der Waals surface area contributed by atoms with Crippen LogP contribution in [-0.2, 0) is 11.3 Å². The van der Waals surface area contributed by atoms with Crippen LogP contribution in [0.2, 0.25) is 0 Å². The van der Waals surface area contributed by atoms with Gasteiger partial charge in [-0.25, -0.2) is 0 Å². The van der Waals surface area contributed by atoms with Gasteiger partial charge in [0, 0.05) is 10.5 Å². The van der Waals surface area contributed by atoms with E-state index in [0.29, 0.717) is 13.2 Å². The minimum Gasteiger partial charge on any atom is -0.375 e. The molecule has 16 heavy (non-hydrogen) atoms. The van der Waals surface area contributed by atoms with E-state index in [1.807, 2.05) is 37.3 Å². The highest BCUT2D eigenvalue weighted by Gasteiger charge is 2.08. The lowest BCUT2D eigenvalue weighted by Crippen LogP contribution is -2.32. The minimum atomic E-state index is 0.0212. The van der Waals surface area contributed by atoms with Crippen LogP contribution in [0.1, 0.15) is 12.5 Å². The predicted molar refractivity (Wildman–Crippen MR) is 71.1 cm³/mol. The fourth-order valence-corrected chi connectivity index (χ4v) is 1.48. The van der Waals surface area contributed by atoms with Crippen molar-refractivity contribution < 1.29 is 4.74 Å². The van der Waals surface area contributed by atoms with E-state index in [4.69, 9.17) is 10.5 Å². The molecular weight excluding hydrogens is 266 g/mol. The molecule has 2 atom stereocenters. The van der Waals surface area contributed by atoms with Gasteiger partial charge >= 0.3 is 0 Å². The highest BCUT2D eigenvalue weighted by molar-refractivity contribution is 9.10. The van der Waals surface area contributed by atoms with Gasteiger partial charge in [-0.3, -0.25) is 0 Å². The van der Waals surface area contributed by atoms with Crippen molar-refractivity contribution in [1.29, 1.82) is 0 Å². The Balaban J connectivity index is 2.30. The molecule has 1 aromatic carbocycles. The quantitative estimate of drug-likeness (QED) is 0.815. The molecule has 0 radical (unpaired) electrons. The zero-order valence-corrected chi connectivity index (χ0v) is 11.1. The van der Waals surface area contributed by atoms with Crippen LogP contribution in [0.3, 0.4) is 0 Å². The molecule has 0 aliphatic heterocycles. The Hall–Kier alpha value is -0.640. The second kappa shape index (κ2) is 6.84. The van der Waals surface area contributed by atoms with E-state index in [-0.39, 0.29) is 12.0 Å². The molecule has 0 spiro atoms. The largest absolute Gasteiger partial charge is 0.375 e. The third kappa shape index (κ3) is 4.47. The van der Waals surface area contributed by atoms with Gasteiger partial charge in [0.2, 0.25) is 0 Å². The molecule has 0 saturated carbocycles. The normalized spacial score (nSPS) is 14.4. The Kier molecular flexibility index (Phi) is 5.74. The topological polar surface area (TPSA) is 35.2 Å². The van der Waals surface area contributed by atoms with Crippen molar-refractivity contribution in [2.45, 2.75) is 19.6 Å². The summed E-state index contributed by atoms with van der Waals surface area (Å²) in [4.78, 5) is 0. The molecule has 3 heteroatoms. The van der Waals surface area contributed by atoms with Gasteiger partial charge in [-0.2, -0.15) is 0 Å². The fraction of sp³-hybridized carbons (Fsp3) is 0.385. The predicted octanol–water partition coefficient (Wildman–Crippen LogP) is 3.12. The molecule has 0 aliphatic rings. The van der Waals surface area contributed by atoms with Crippen molar-refractivity contribution in [3.8, 4) is 0 Å². The maximum absolute atomic E-state index is 5.91. The first-order valence-electron chi connectivity index (χ1n) is 5.34. The van der Waals surface area contributed by atoms with Crippen LogP contribution in [0.15, 0.2) is 41.4 Å². The summed E-state index contributed by atoms with van der Waals surface area (Å²) < 4.78 is 6.63. The van der Waals surface area contributed by atoms with Gasteiger partial charge in [-0.1, -0.05) is 41.1 Å². The molecule has 0 aliphatic carbocycles. The molecule has 0 heterocycles. The van der Waals surface area contributed by atoms with Crippen LogP contribution in [0, 0.1) is 5.92 Å². The Morgan fingerprint density at radius 1 is 1.44 bits per heavy atom. The van der Waals surface area contributed by atoms with Crippen LogP contribution in [-0.4, -0.2) is 12.6 Å². The first kappa shape index (κ1) is 13.4. The summed E-state index contributed by atoms with van der Waals surface area (Å²) in [6.45, 7) is 6.92. The number of hydrogen-bond acceptors (Lipinski definition) is 2. The van der Waals surface area contributed by atoms with Gasteiger partial charge in [0.25, 0.3) is 0 Å². The molecule has 2 nitrogen and oxygen atoms in total. The highest BCUT2D eigenvalue weighted by Crippen LogP contribution is 2.11. The van der Waals surface area contributed by atoms with Crippen molar-refractivity contribution >= 4 is 15.9 Å². The van der Waals surface area contributed by atoms with Gasteiger partial charge in [0.1, 0.15) is 0 Å². The molecular formula is C13H18BrNO. The summed E-state index contributed by atoms with van der Waals surface area (Å²) in [5, 5.41) is 0. The third-order valence-electron chi connectivity index (χ3n) is 2.54. The van der Waals surface area contributed by atoms with Gasteiger partial charge in [0.05, 0.1) is 13.2 Å². The van der Waals surface area contributed by atoms with Crippen molar-refractivity contribution in [2.75, 3.05) is 6.61 Å². The molecule has 0 amide bonds. The number of halogens is 1. The van der Waals surface area contributed by atoms with Gasteiger partial charge in [0.15, 0.2) is 0 Å². The van der Waals surface area contributed by atoms with Crippen molar-refractivity contribution in [2.24, 2.45) is 11.7 Å². The second-order valence-corrected chi connectivity index (χ2v) is 4.82. The summed E-state index contributed by atoms with van der Waals surface area (Å²) in [7, 11) is 0. The molecule has 0 unspecified atom stereocenters. The lowest BCUT2D eigenvalue weighted by atomic mass is 10.0. The highest BCUT2D eigenvalue weighted by atomic mass is 79.9. The van der Waals surface area contributed by atoms with Gasteiger partial charge in [-0.15, -0.1) is 6.58 Å². The Morgan fingerprint density at radius 3 is 2.62 bits per heavy atom. The third-order valence-corrected chi connectivity index (χ3v) is 3.07. The van der Waals surface area contributed by atoms with E-state index in [9.17, 15) is 0 Å². The molecule has 0 bridgehead atoms. The number of nitrogens with two attached hydrogens (primary N) is 1. The number of benzene rings is 1. The van der Waals surface area contributed by atoms with E-state index in [2.05, 4.69) is 22.5 Å². The average molecular weight is 284 g/mol. The maximum atomic E-state index is 5.91. The number of rotatable bonds is 6. The summed E-state index contributed by atoms with van der Waals surface area (Å²) in [6, 6.07) is 8.10. The second-order valence-electron chi connectivity index (χ2n) is 3.90. The van der Waals surface area contributed by atoms with E-state index < -0.39 is 0 Å². The van der Waals surface area contributed by atoms with Crippen molar-refractivity contribution in [3.05, 3.63) is 47.0 Å². The molecule has 2 N–H and O–H groups in total. The van der Waals surface area contributed by atoms with E-state index in [0.717, 1.165) is 10.0 Å². The summed E-state index contributed by atoms with van der Waals surface area (Å²) >= 11 is 3.39. The van der Waals surface area contributed by atoms with Crippen molar-refractivity contribution in [1.82, 2.24) is 0 Å². The maximum Gasteiger partial charge on any atom is 0.0717 e. The Labute approximate surface area is 106 Å². The smallest absolute Gasteiger partial charge is 0.0717 e. The zero-order valence-electron chi connectivity index (χ0n) is 9.53. The Morgan fingerprint density at radius 2 is 2.06 bits per heavy atom.